The molecule has 6 nitrogen and oxygen atoms in total. The maximum absolute atomic E-state index is 12.7. The summed E-state index contributed by atoms with van der Waals surface area (Å²) in [6.07, 6.45) is 7.67. The first-order valence-electron chi connectivity index (χ1n) is 8.97. The largest absolute Gasteiger partial charge is 0.466 e. The Morgan fingerprint density at radius 1 is 1.07 bits per heavy atom. The molecule has 2 unspecified atom stereocenters. The van der Waals surface area contributed by atoms with Crippen LogP contribution in [0.1, 0.15) is 24.0 Å². The minimum absolute atomic E-state index is 0.159. The monoisotopic (exact) mass is 370 g/mol. The average molecular weight is 370 g/mol. The van der Waals surface area contributed by atoms with Gasteiger partial charge in [-0.25, -0.2) is 4.79 Å². The molecule has 0 bridgehead atoms. The summed E-state index contributed by atoms with van der Waals surface area (Å²) in [7, 11) is 1.29. The number of benzene rings is 1. The van der Waals surface area contributed by atoms with E-state index in [4.69, 9.17) is 0 Å². The summed E-state index contributed by atoms with van der Waals surface area (Å²) in [6.45, 7) is 4.22. The van der Waals surface area contributed by atoms with Crippen molar-refractivity contribution in [3.8, 4) is 0 Å². The van der Waals surface area contributed by atoms with Crippen LogP contribution >= 0.6 is 0 Å². The van der Waals surface area contributed by atoms with Gasteiger partial charge in [0, 0.05) is 18.3 Å². The van der Waals surface area contributed by atoms with Crippen molar-refractivity contribution in [1.82, 2.24) is 5.32 Å². The Hall–Kier alpha value is -2.89. The Balaban J connectivity index is 1.98. The second kappa shape index (κ2) is 9.71. The molecule has 0 saturated carbocycles. The summed E-state index contributed by atoms with van der Waals surface area (Å²) in [5, 5.41) is 5.68. The number of rotatable bonds is 6. The number of anilines is 1. The number of carbonyl (C=O) groups is 3. The third-order valence-electron chi connectivity index (χ3n) is 4.73. The molecule has 1 aliphatic rings. The molecule has 0 saturated heterocycles. The van der Waals surface area contributed by atoms with Crippen LogP contribution in [-0.4, -0.2) is 31.4 Å². The molecule has 0 fully saturated rings. The lowest BCUT2D eigenvalue weighted by Gasteiger charge is -2.26. The highest BCUT2D eigenvalue weighted by Crippen LogP contribution is 2.27. The Morgan fingerprint density at radius 3 is 2.37 bits per heavy atom. The van der Waals surface area contributed by atoms with Gasteiger partial charge in [0.05, 0.1) is 18.9 Å². The van der Waals surface area contributed by atoms with Gasteiger partial charge in [0.2, 0.25) is 11.8 Å². The van der Waals surface area contributed by atoms with E-state index in [1.54, 1.807) is 0 Å². The molecule has 1 aromatic rings. The molecule has 0 heterocycles. The van der Waals surface area contributed by atoms with Crippen LogP contribution in [0.15, 0.2) is 42.5 Å². The lowest BCUT2D eigenvalue weighted by atomic mass is 9.81. The van der Waals surface area contributed by atoms with Gasteiger partial charge < -0.3 is 15.4 Å². The highest BCUT2D eigenvalue weighted by molar-refractivity contribution is 5.96. The molecule has 0 radical (unpaired) electrons. The fourth-order valence-electron chi connectivity index (χ4n) is 2.96. The second-order valence-corrected chi connectivity index (χ2v) is 6.61. The van der Waals surface area contributed by atoms with E-state index in [9.17, 15) is 14.4 Å². The smallest absolute Gasteiger partial charge is 0.330 e. The lowest BCUT2D eigenvalue weighted by Crippen LogP contribution is -2.40. The molecule has 0 aromatic heterocycles. The zero-order chi connectivity index (χ0) is 19.8. The van der Waals surface area contributed by atoms with Gasteiger partial charge in [-0.2, -0.15) is 0 Å². The third-order valence-corrected chi connectivity index (χ3v) is 4.73. The van der Waals surface area contributed by atoms with Crippen LogP contribution < -0.4 is 10.6 Å². The van der Waals surface area contributed by atoms with E-state index in [0.29, 0.717) is 12.8 Å². The van der Waals surface area contributed by atoms with Gasteiger partial charge >= 0.3 is 5.97 Å². The molecule has 1 aliphatic carbocycles. The van der Waals surface area contributed by atoms with Crippen LogP contribution in [-0.2, 0) is 19.1 Å². The summed E-state index contributed by atoms with van der Waals surface area (Å²) in [4.78, 5) is 36.3. The second-order valence-electron chi connectivity index (χ2n) is 6.61. The SMILES string of the molecule is COC(=O)/C=C/CNC(=O)C1CC=CCC1C(=O)Nc1ccc(C)c(C)c1. The van der Waals surface area contributed by atoms with E-state index in [1.807, 2.05) is 44.2 Å². The van der Waals surface area contributed by atoms with Crippen LogP contribution in [0.5, 0.6) is 0 Å². The predicted octanol–water partition coefficient (Wildman–Crippen LogP) is 2.67. The molecule has 27 heavy (non-hydrogen) atoms. The standard InChI is InChI=1S/C21H26N2O4/c1-14-10-11-16(13-15(14)2)23-21(26)18-8-5-4-7-17(18)20(25)22-12-6-9-19(24)27-3/h4-6,9-11,13,17-18H,7-8,12H2,1-3H3,(H,22,25)(H,23,26)/b9-6+. The van der Waals surface area contributed by atoms with Crippen molar-refractivity contribution in [3.05, 3.63) is 53.6 Å². The first-order chi connectivity index (χ1) is 12.9. The van der Waals surface area contributed by atoms with Crippen molar-refractivity contribution in [2.24, 2.45) is 11.8 Å². The number of hydrogen-bond donors (Lipinski definition) is 2. The number of ether oxygens (including phenoxy) is 1. The van der Waals surface area contributed by atoms with Crippen molar-refractivity contribution in [2.45, 2.75) is 26.7 Å². The van der Waals surface area contributed by atoms with Gasteiger partial charge in [-0.15, -0.1) is 0 Å². The fourth-order valence-corrected chi connectivity index (χ4v) is 2.96. The van der Waals surface area contributed by atoms with Gasteiger partial charge in [-0.05, 0) is 49.9 Å². The molecule has 1 aromatic carbocycles. The zero-order valence-corrected chi connectivity index (χ0v) is 16.0. The number of amides is 2. The van der Waals surface area contributed by atoms with Crippen molar-refractivity contribution < 1.29 is 19.1 Å². The van der Waals surface area contributed by atoms with Crippen LogP contribution in [0.2, 0.25) is 0 Å². The molecule has 2 atom stereocenters. The Kier molecular flexibility index (Phi) is 7.34. The average Bonchev–Trinajstić information content (AvgIpc) is 2.67. The van der Waals surface area contributed by atoms with Crippen LogP contribution in [0.25, 0.3) is 0 Å². The van der Waals surface area contributed by atoms with Gasteiger partial charge in [-0.3, -0.25) is 9.59 Å². The maximum atomic E-state index is 12.7. The molecule has 2 rings (SSSR count). The predicted molar refractivity (Wildman–Crippen MR) is 104 cm³/mol. The Bertz CT molecular complexity index is 767. The Morgan fingerprint density at radius 2 is 1.74 bits per heavy atom. The molecule has 6 heteroatoms. The van der Waals surface area contributed by atoms with E-state index < -0.39 is 17.8 Å². The summed E-state index contributed by atoms with van der Waals surface area (Å²) < 4.78 is 4.49. The topological polar surface area (TPSA) is 84.5 Å². The normalized spacial score (nSPS) is 18.9. The number of methoxy groups -OCH3 is 1. The number of esters is 1. The minimum atomic E-state index is -0.476. The van der Waals surface area contributed by atoms with Crippen molar-refractivity contribution in [1.29, 1.82) is 0 Å². The van der Waals surface area contributed by atoms with Crippen molar-refractivity contribution in [3.63, 3.8) is 0 Å². The van der Waals surface area contributed by atoms with E-state index in [2.05, 4.69) is 15.4 Å². The van der Waals surface area contributed by atoms with Crippen LogP contribution in [0.4, 0.5) is 5.69 Å². The summed E-state index contributed by atoms with van der Waals surface area (Å²) in [6, 6.07) is 5.76. The molecule has 0 spiro atoms. The number of allylic oxidation sites excluding steroid dienone is 2. The number of hydrogen-bond acceptors (Lipinski definition) is 4. The maximum Gasteiger partial charge on any atom is 0.330 e. The molecule has 0 aliphatic heterocycles. The summed E-state index contributed by atoms with van der Waals surface area (Å²) in [5.74, 6) is -1.70. The third kappa shape index (κ3) is 5.81. The number of carbonyl (C=O) groups excluding carboxylic acids is 3. The Labute approximate surface area is 159 Å². The van der Waals surface area contributed by atoms with Crippen LogP contribution in [0.3, 0.4) is 0 Å². The first kappa shape index (κ1) is 20.4. The van der Waals surface area contributed by atoms with Crippen LogP contribution in [0, 0.1) is 25.7 Å². The highest BCUT2D eigenvalue weighted by Gasteiger charge is 2.33. The van der Waals surface area contributed by atoms with E-state index >= 15 is 0 Å². The molecule has 2 N–H and O–H groups in total. The van der Waals surface area contributed by atoms with Crippen molar-refractivity contribution >= 4 is 23.5 Å². The lowest BCUT2D eigenvalue weighted by molar-refractivity contribution is -0.135. The quantitative estimate of drug-likeness (QED) is 0.458. The molecular weight excluding hydrogens is 344 g/mol. The summed E-state index contributed by atoms with van der Waals surface area (Å²) >= 11 is 0. The van der Waals surface area contributed by atoms with Gasteiger partial charge in [-0.1, -0.05) is 24.3 Å². The molecular formula is C21H26N2O4. The zero-order valence-electron chi connectivity index (χ0n) is 16.0. The number of nitrogens with one attached hydrogen (secondary N) is 2. The van der Waals surface area contributed by atoms with Gasteiger partial charge in [0.1, 0.15) is 0 Å². The molecule has 2 amide bonds. The fraction of sp³-hybridized carbons (Fsp3) is 0.381. The molecule has 144 valence electrons. The van der Waals surface area contributed by atoms with E-state index in [-0.39, 0.29) is 18.4 Å². The van der Waals surface area contributed by atoms with E-state index in [1.165, 1.54) is 19.3 Å². The van der Waals surface area contributed by atoms with E-state index in [0.717, 1.165) is 16.8 Å². The highest BCUT2D eigenvalue weighted by atomic mass is 16.5. The first-order valence-corrected chi connectivity index (χ1v) is 8.97. The van der Waals surface area contributed by atoms with Gasteiger partial charge in [0.25, 0.3) is 0 Å². The van der Waals surface area contributed by atoms with Crippen molar-refractivity contribution in [2.75, 3.05) is 19.0 Å². The summed E-state index contributed by atoms with van der Waals surface area (Å²) in [5.41, 5.74) is 2.99. The minimum Gasteiger partial charge on any atom is -0.466 e. The number of aryl methyl sites for hydroxylation is 2. The van der Waals surface area contributed by atoms with Gasteiger partial charge in [0.15, 0.2) is 0 Å².